The van der Waals surface area contributed by atoms with Crippen molar-refractivity contribution >= 4 is 0 Å². The molecule has 2 aromatic carbocycles. The molecular weight excluding hydrogens is 290 g/mol. The second-order valence-electron chi connectivity index (χ2n) is 6.42. The van der Waals surface area contributed by atoms with Gasteiger partial charge >= 0.3 is 0 Å². The van der Waals surface area contributed by atoms with Gasteiger partial charge in [0.25, 0.3) is 0 Å². The predicted molar refractivity (Wildman–Crippen MR) is 89.5 cm³/mol. The van der Waals surface area contributed by atoms with E-state index in [1.807, 2.05) is 48.5 Å². The molecule has 0 aliphatic carbocycles. The molecular formula is C19H23NO3. The van der Waals surface area contributed by atoms with E-state index in [-0.39, 0.29) is 0 Å². The van der Waals surface area contributed by atoms with E-state index in [9.17, 15) is 10.2 Å². The first-order chi connectivity index (χ1) is 11.0. The maximum absolute atomic E-state index is 10.0. The third kappa shape index (κ3) is 4.10. The lowest BCUT2D eigenvalue weighted by Crippen LogP contribution is -2.53. The number of hydrogen-bond donors (Lipinski definition) is 2. The quantitative estimate of drug-likeness (QED) is 0.911. The Labute approximate surface area is 136 Å². The van der Waals surface area contributed by atoms with E-state index >= 15 is 0 Å². The first kappa shape index (κ1) is 16.0. The lowest BCUT2D eigenvalue weighted by Gasteiger charge is -2.39. The molecule has 1 heterocycles. The second kappa shape index (κ2) is 6.71. The van der Waals surface area contributed by atoms with Crippen LogP contribution >= 0.6 is 0 Å². The molecule has 2 aromatic rings. The summed E-state index contributed by atoms with van der Waals surface area (Å²) in [4.78, 5) is 2.16. The third-order valence-corrected chi connectivity index (χ3v) is 4.37. The van der Waals surface area contributed by atoms with Crippen LogP contribution in [0.3, 0.4) is 0 Å². The number of aliphatic hydroxyl groups is 2. The summed E-state index contributed by atoms with van der Waals surface area (Å²) < 4.78 is 5.85. The Morgan fingerprint density at radius 1 is 1.13 bits per heavy atom. The summed E-state index contributed by atoms with van der Waals surface area (Å²) in [6, 6.07) is 17.7. The Morgan fingerprint density at radius 2 is 1.87 bits per heavy atom. The summed E-state index contributed by atoms with van der Waals surface area (Å²) in [5.41, 5.74) is 0.154. The fourth-order valence-electron chi connectivity index (χ4n) is 2.82. The highest BCUT2D eigenvalue weighted by molar-refractivity contribution is 5.33. The minimum Gasteiger partial charge on any atom is -0.457 e. The number of hydrogen-bond acceptors (Lipinski definition) is 4. The van der Waals surface area contributed by atoms with Gasteiger partial charge in [0.1, 0.15) is 11.5 Å². The van der Waals surface area contributed by atoms with E-state index in [0.717, 1.165) is 30.2 Å². The SMILES string of the molecule is C[C@@]1(O)CCN(Cc2cccc(Oc3ccccc3)c2)C[C@H]1O. The lowest BCUT2D eigenvalue weighted by atomic mass is 9.90. The monoisotopic (exact) mass is 313 g/mol. The predicted octanol–water partition coefficient (Wildman–Crippen LogP) is 2.80. The van der Waals surface area contributed by atoms with Crippen molar-refractivity contribution in [1.29, 1.82) is 0 Å². The lowest BCUT2D eigenvalue weighted by molar-refractivity contribution is -0.108. The summed E-state index contributed by atoms with van der Waals surface area (Å²) in [7, 11) is 0. The van der Waals surface area contributed by atoms with Gasteiger partial charge in [0, 0.05) is 19.6 Å². The van der Waals surface area contributed by atoms with Crippen molar-refractivity contribution in [3.05, 3.63) is 60.2 Å². The van der Waals surface area contributed by atoms with E-state index in [1.54, 1.807) is 6.92 Å². The highest BCUT2D eigenvalue weighted by atomic mass is 16.5. The largest absolute Gasteiger partial charge is 0.457 e. The molecule has 1 fully saturated rings. The van der Waals surface area contributed by atoms with Crippen LogP contribution in [0.2, 0.25) is 0 Å². The molecule has 0 amide bonds. The van der Waals surface area contributed by atoms with Crippen LogP contribution in [0.15, 0.2) is 54.6 Å². The zero-order chi connectivity index (χ0) is 16.3. The van der Waals surface area contributed by atoms with E-state index in [0.29, 0.717) is 13.0 Å². The molecule has 1 saturated heterocycles. The number of likely N-dealkylation sites (tertiary alicyclic amines) is 1. The van der Waals surface area contributed by atoms with Gasteiger partial charge in [-0.15, -0.1) is 0 Å². The van der Waals surface area contributed by atoms with Gasteiger partial charge in [-0.1, -0.05) is 30.3 Å². The topological polar surface area (TPSA) is 52.9 Å². The number of piperidine rings is 1. The summed E-state index contributed by atoms with van der Waals surface area (Å²) in [5, 5.41) is 20.1. The van der Waals surface area contributed by atoms with Crippen molar-refractivity contribution in [2.45, 2.75) is 31.6 Å². The van der Waals surface area contributed by atoms with Crippen LogP contribution in [0.25, 0.3) is 0 Å². The summed E-state index contributed by atoms with van der Waals surface area (Å²) in [6.07, 6.45) is -0.131. The molecule has 0 spiro atoms. The fraction of sp³-hybridized carbons (Fsp3) is 0.368. The number of β-amino-alcohol motifs (C(OH)–C–C–N with tert-alkyl or cyclic N) is 1. The average molecular weight is 313 g/mol. The first-order valence-corrected chi connectivity index (χ1v) is 7.97. The van der Waals surface area contributed by atoms with Crippen molar-refractivity contribution in [2.24, 2.45) is 0 Å². The summed E-state index contributed by atoms with van der Waals surface area (Å²) in [6.45, 7) is 3.69. The van der Waals surface area contributed by atoms with Crippen LogP contribution in [0.5, 0.6) is 11.5 Å². The minimum atomic E-state index is -0.977. The Bertz CT molecular complexity index is 642. The molecule has 0 unspecified atom stereocenters. The third-order valence-electron chi connectivity index (χ3n) is 4.37. The molecule has 2 N–H and O–H groups in total. The zero-order valence-electron chi connectivity index (χ0n) is 13.4. The fourth-order valence-corrected chi connectivity index (χ4v) is 2.82. The first-order valence-electron chi connectivity index (χ1n) is 7.97. The Hall–Kier alpha value is -1.88. The molecule has 23 heavy (non-hydrogen) atoms. The molecule has 0 bridgehead atoms. The second-order valence-corrected chi connectivity index (χ2v) is 6.42. The molecule has 4 heteroatoms. The van der Waals surface area contributed by atoms with Crippen LogP contribution in [0, 0.1) is 0 Å². The van der Waals surface area contributed by atoms with Gasteiger partial charge in [-0.05, 0) is 43.2 Å². The molecule has 0 aromatic heterocycles. The van der Waals surface area contributed by atoms with Crippen LogP contribution < -0.4 is 4.74 Å². The smallest absolute Gasteiger partial charge is 0.127 e. The highest BCUT2D eigenvalue weighted by Crippen LogP contribution is 2.25. The number of nitrogens with zero attached hydrogens (tertiary/aromatic N) is 1. The summed E-state index contributed by atoms with van der Waals surface area (Å²) >= 11 is 0. The zero-order valence-corrected chi connectivity index (χ0v) is 13.4. The van der Waals surface area contributed by atoms with Gasteiger partial charge in [-0.25, -0.2) is 0 Å². The minimum absolute atomic E-state index is 0.483. The number of aliphatic hydroxyl groups excluding tert-OH is 1. The number of benzene rings is 2. The van der Waals surface area contributed by atoms with E-state index in [1.165, 1.54) is 0 Å². The van der Waals surface area contributed by atoms with Crippen LogP contribution in [-0.4, -0.2) is 39.9 Å². The maximum atomic E-state index is 10.0. The van der Waals surface area contributed by atoms with Gasteiger partial charge in [0.15, 0.2) is 0 Å². The number of rotatable bonds is 4. The highest BCUT2D eigenvalue weighted by Gasteiger charge is 2.36. The van der Waals surface area contributed by atoms with E-state index in [2.05, 4.69) is 11.0 Å². The van der Waals surface area contributed by atoms with Gasteiger partial charge in [0.05, 0.1) is 11.7 Å². The van der Waals surface area contributed by atoms with Crippen LogP contribution in [0.4, 0.5) is 0 Å². The Kier molecular flexibility index (Phi) is 4.66. The van der Waals surface area contributed by atoms with E-state index < -0.39 is 11.7 Å². The van der Waals surface area contributed by atoms with Gasteiger partial charge < -0.3 is 14.9 Å². The molecule has 122 valence electrons. The van der Waals surface area contributed by atoms with Crippen molar-refractivity contribution in [2.75, 3.05) is 13.1 Å². The Morgan fingerprint density at radius 3 is 2.61 bits per heavy atom. The maximum Gasteiger partial charge on any atom is 0.127 e. The molecule has 1 aliphatic heterocycles. The van der Waals surface area contributed by atoms with Gasteiger partial charge in [-0.2, -0.15) is 0 Å². The van der Waals surface area contributed by atoms with Crippen molar-refractivity contribution in [3.8, 4) is 11.5 Å². The van der Waals surface area contributed by atoms with E-state index in [4.69, 9.17) is 4.74 Å². The van der Waals surface area contributed by atoms with Crippen molar-refractivity contribution in [1.82, 2.24) is 4.90 Å². The average Bonchev–Trinajstić information content (AvgIpc) is 2.53. The Balaban J connectivity index is 1.64. The van der Waals surface area contributed by atoms with Crippen LogP contribution in [-0.2, 0) is 6.54 Å². The normalized spacial score (nSPS) is 25.3. The molecule has 0 radical (unpaired) electrons. The molecule has 3 rings (SSSR count). The van der Waals surface area contributed by atoms with Gasteiger partial charge in [-0.3, -0.25) is 4.90 Å². The van der Waals surface area contributed by atoms with Crippen molar-refractivity contribution < 1.29 is 14.9 Å². The van der Waals surface area contributed by atoms with Gasteiger partial charge in [0.2, 0.25) is 0 Å². The molecule has 0 saturated carbocycles. The number of para-hydroxylation sites is 1. The molecule has 2 atom stereocenters. The number of ether oxygens (including phenoxy) is 1. The van der Waals surface area contributed by atoms with Crippen LogP contribution in [0.1, 0.15) is 18.9 Å². The van der Waals surface area contributed by atoms with Crippen molar-refractivity contribution in [3.63, 3.8) is 0 Å². The molecule has 4 nitrogen and oxygen atoms in total. The standard InChI is InChI=1S/C19H23NO3/c1-19(22)10-11-20(14-18(19)21)13-15-6-5-9-17(12-15)23-16-7-3-2-4-8-16/h2-9,12,18,21-22H,10-11,13-14H2,1H3/t18-,19-/m1/s1. The summed E-state index contributed by atoms with van der Waals surface area (Å²) in [5.74, 6) is 1.62. The molecule has 1 aliphatic rings.